The maximum absolute atomic E-state index is 12.5. The number of benzene rings is 4. The van der Waals surface area contributed by atoms with Crippen LogP contribution in [0, 0.1) is 10.1 Å². The van der Waals surface area contributed by atoms with Gasteiger partial charge in [-0.15, -0.1) is 34.2 Å². The van der Waals surface area contributed by atoms with Gasteiger partial charge in [0.05, 0.1) is 49.9 Å². The van der Waals surface area contributed by atoms with Gasteiger partial charge in [-0.1, -0.05) is 10.1 Å². The third-order valence-corrected chi connectivity index (χ3v) is 10.2. The standard InChI is InChI=1S/C27H19N9O19S4/c1-35-26(39)22(23(34-35)27(40)41)33-28-11-2-4-13(15(8-11)56-54-52-44)29-32-21-18(59(49,50)51)7-10-6-16(57-55-53-45)20(24(37)19(10)25(21)38)31-30-14-5-3-12(36(42)43)9-17(14)58(46,47)48/h2-9,34,37-38,44-45H,1H3,(H,40,41)(H,46,47,48)(H,49,50,51). The fourth-order valence-electron chi connectivity index (χ4n) is 4.73. The number of azo groups is 3. The topological polar surface area (TPSA) is 419 Å². The first-order valence-corrected chi connectivity index (χ1v) is 19.1. The summed E-state index contributed by atoms with van der Waals surface area (Å²) in [5.74, 6) is -3.80. The summed E-state index contributed by atoms with van der Waals surface area (Å²) in [6.07, 6.45) is 0. The number of phenols is 2. The van der Waals surface area contributed by atoms with E-state index in [0.29, 0.717) is 12.1 Å². The number of carboxylic acid groups (broad SMARTS) is 1. The average Bonchev–Trinajstić information content (AvgIpc) is 3.46. The van der Waals surface area contributed by atoms with Gasteiger partial charge in [0.1, 0.15) is 32.5 Å². The largest absolute Gasteiger partial charge is 0.505 e. The van der Waals surface area contributed by atoms with E-state index in [1.165, 1.54) is 13.1 Å². The number of hydrogen-bond acceptors (Lipinski definition) is 24. The third kappa shape index (κ3) is 9.71. The normalized spacial score (nSPS) is 12.4. The number of nitrogens with one attached hydrogen (secondary N) is 1. The van der Waals surface area contributed by atoms with Crippen molar-refractivity contribution < 1.29 is 80.2 Å². The summed E-state index contributed by atoms with van der Waals surface area (Å²) in [4.78, 5) is 31.3. The summed E-state index contributed by atoms with van der Waals surface area (Å²) in [6, 6.07) is 7.10. The zero-order valence-corrected chi connectivity index (χ0v) is 31.6. The lowest BCUT2D eigenvalue weighted by Crippen LogP contribution is -2.10. The summed E-state index contributed by atoms with van der Waals surface area (Å²) in [5.41, 5.74) is -5.57. The van der Waals surface area contributed by atoms with Crippen LogP contribution >= 0.6 is 24.1 Å². The maximum Gasteiger partial charge on any atom is 0.356 e. The number of hydrogen-bond donors (Lipinski definition) is 8. The molecule has 0 aliphatic rings. The molecule has 28 nitrogen and oxygen atoms in total. The van der Waals surface area contributed by atoms with Crippen molar-refractivity contribution in [2.24, 2.45) is 37.7 Å². The van der Waals surface area contributed by atoms with Gasteiger partial charge in [-0.3, -0.25) is 33.8 Å². The van der Waals surface area contributed by atoms with Crippen LogP contribution < -0.4 is 5.56 Å². The smallest absolute Gasteiger partial charge is 0.356 e. The van der Waals surface area contributed by atoms with Gasteiger partial charge in [-0.2, -0.15) is 21.9 Å². The van der Waals surface area contributed by atoms with E-state index in [-0.39, 0.29) is 40.4 Å². The number of nitrogens with zero attached hydrogens (tertiary/aromatic N) is 8. The minimum absolute atomic E-state index is 0.0898. The number of nitro groups is 1. The number of aromatic carboxylic acids is 1. The van der Waals surface area contributed by atoms with Crippen molar-refractivity contribution in [1.29, 1.82) is 0 Å². The molecule has 4 aromatic carbocycles. The summed E-state index contributed by atoms with van der Waals surface area (Å²) in [7, 11) is -9.25. The van der Waals surface area contributed by atoms with Crippen molar-refractivity contribution in [3.05, 3.63) is 74.7 Å². The second kappa shape index (κ2) is 17.7. The Kier molecular flexibility index (Phi) is 13.1. The molecular weight excluding hydrogens is 883 g/mol. The summed E-state index contributed by atoms with van der Waals surface area (Å²) < 4.78 is 78.5. The number of aromatic hydroxyl groups is 2. The Hall–Kier alpha value is -6.30. The fourth-order valence-corrected chi connectivity index (χ4v) is 7.00. The number of carbonyl (C=O) groups is 1. The minimum Gasteiger partial charge on any atom is -0.505 e. The molecule has 0 saturated heterocycles. The molecule has 1 aromatic heterocycles. The van der Waals surface area contributed by atoms with E-state index in [2.05, 4.69) is 54.5 Å². The first-order valence-electron chi connectivity index (χ1n) is 14.8. The average molecular weight is 902 g/mol. The van der Waals surface area contributed by atoms with Gasteiger partial charge in [0.15, 0.2) is 22.9 Å². The van der Waals surface area contributed by atoms with Crippen LogP contribution in [0.25, 0.3) is 10.8 Å². The molecule has 0 saturated carbocycles. The Morgan fingerprint density at radius 2 is 1.36 bits per heavy atom. The van der Waals surface area contributed by atoms with Crippen LogP contribution in [-0.2, 0) is 46.0 Å². The highest BCUT2D eigenvalue weighted by atomic mass is 32.2. The molecular formula is C27H19N9O19S4. The van der Waals surface area contributed by atoms with Crippen LogP contribution in [0.4, 0.5) is 39.8 Å². The first kappa shape index (κ1) is 43.8. The van der Waals surface area contributed by atoms with Gasteiger partial charge < -0.3 is 15.3 Å². The number of aryl methyl sites for hydroxylation is 1. The Balaban J connectivity index is 1.66. The minimum atomic E-state index is -5.31. The van der Waals surface area contributed by atoms with Crippen molar-refractivity contribution in [3.8, 4) is 11.5 Å². The van der Waals surface area contributed by atoms with Crippen LogP contribution in [0.2, 0.25) is 0 Å². The lowest BCUT2D eigenvalue weighted by Gasteiger charge is -2.13. The van der Waals surface area contributed by atoms with E-state index in [4.69, 9.17) is 10.5 Å². The molecule has 0 spiro atoms. The second-order valence-corrected chi connectivity index (χ2v) is 15.1. The van der Waals surface area contributed by atoms with E-state index in [0.717, 1.165) is 35.0 Å². The molecule has 8 N–H and O–H groups in total. The molecule has 1 heterocycles. The van der Waals surface area contributed by atoms with Crippen LogP contribution in [0.5, 0.6) is 11.5 Å². The van der Waals surface area contributed by atoms with Crippen molar-refractivity contribution in [2.45, 2.75) is 19.6 Å². The number of phenolic OH excluding ortho intramolecular Hbond substituents is 2. The van der Waals surface area contributed by atoms with Crippen molar-refractivity contribution in [1.82, 2.24) is 9.78 Å². The van der Waals surface area contributed by atoms with Gasteiger partial charge in [-0.25, -0.2) is 15.3 Å². The fraction of sp³-hybridized carbons (Fsp3) is 0.0370. The SMILES string of the molecule is Cn1[nH]c(C(=O)O)c(N=Nc2ccc(N=Nc3c(S(=O)(=O)O)cc4cc(SOOO)c(N=Nc5ccc([N+](=O)[O-])cc5S(=O)(=O)O)c(O)c4c3O)c(SOOO)c2)c1=O. The highest BCUT2D eigenvalue weighted by Crippen LogP contribution is 2.51. The van der Waals surface area contributed by atoms with Crippen LogP contribution in [0.3, 0.4) is 0 Å². The molecule has 0 aliphatic carbocycles. The molecule has 59 heavy (non-hydrogen) atoms. The van der Waals surface area contributed by atoms with Gasteiger partial charge >= 0.3 is 5.97 Å². The molecule has 0 bridgehead atoms. The van der Waals surface area contributed by atoms with Gasteiger partial charge in [-0.05, 0) is 41.8 Å². The lowest BCUT2D eigenvalue weighted by atomic mass is 10.1. The van der Waals surface area contributed by atoms with Crippen molar-refractivity contribution >= 4 is 101 Å². The van der Waals surface area contributed by atoms with Gasteiger partial charge in [0.2, 0.25) is 0 Å². The molecule has 5 aromatic rings. The highest BCUT2D eigenvalue weighted by molar-refractivity contribution is 7.95. The Morgan fingerprint density at radius 1 is 0.780 bits per heavy atom. The molecule has 310 valence electrons. The van der Waals surface area contributed by atoms with Crippen molar-refractivity contribution in [3.63, 3.8) is 0 Å². The van der Waals surface area contributed by atoms with E-state index in [1.54, 1.807) is 0 Å². The predicted octanol–water partition coefficient (Wildman–Crippen LogP) is 6.48. The lowest BCUT2D eigenvalue weighted by molar-refractivity contribution is -0.432. The number of rotatable bonds is 16. The Morgan fingerprint density at radius 3 is 1.97 bits per heavy atom. The Bertz CT molecular complexity index is 2900. The van der Waals surface area contributed by atoms with E-state index >= 15 is 0 Å². The summed E-state index contributed by atoms with van der Waals surface area (Å²) >= 11 is 0.349. The number of H-pyrrole nitrogens is 1. The van der Waals surface area contributed by atoms with E-state index in [1.807, 2.05) is 0 Å². The van der Waals surface area contributed by atoms with Crippen LogP contribution in [-0.4, -0.2) is 72.4 Å². The zero-order chi connectivity index (χ0) is 43.4. The number of aromatic amines is 1. The number of non-ortho nitro benzene ring substituents is 1. The molecule has 0 atom stereocenters. The third-order valence-electron chi connectivity index (χ3n) is 7.23. The van der Waals surface area contributed by atoms with Gasteiger partial charge in [0, 0.05) is 19.2 Å². The maximum atomic E-state index is 12.5. The summed E-state index contributed by atoms with van der Waals surface area (Å²) in [5, 5.41) is 91.4. The van der Waals surface area contributed by atoms with Crippen molar-refractivity contribution in [2.75, 3.05) is 0 Å². The highest BCUT2D eigenvalue weighted by Gasteiger charge is 2.27. The quantitative estimate of drug-likeness (QED) is 0.0131. The number of aromatic nitrogens is 2. The second-order valence-electron chi connectivity index (χ2n) is 10.8. The molecule has 0 fully saturated rings. The summed E-state index contributed by atoms with van der Waals surface area (Å²) in [6.45, 7) is 0. The predicted molar refractivity (Wildman–Crippen MR) is 193 cm³/mol. The van der Waals surface area contributed by atoms with Crippen LogP contribution in [0.1, 0.15) is 10.5 Å². The Labute approximate surface area is 333 Å². The van der Waals surface area contributed by atoms with E-state index in [9.17, 15) is 61.0 Å². The number of fused-ring (bicyclic) bond motifs is 1. The molecule has 0 amide bonds. The molecule has 0 radical (unpaired) electrons. The zero-order valence-electron chi connectivity index (χ0n) is 28.4. The number of nitro benzene ring substituents is 1. The van der Waals surface area contributed by atoms with Crippen LogP contribution in [0.15, 0.2) is 104 Å². The molecule has 0 aliphatic heterocycles. The first-order chi connectivity index (χ1) is 27.8. The molecule has 32 heteroatoms. The van der Waals surface area contributed by atoms with E-state index < -0.39 is 108 Å². The molecule has 0 unspecified atom stereocenters. The number of carboxylic acids is 1. The monoisotopic (exact) mass is 901 g/mol. The molecule has 5 rings (SSSR count). The van der Waals surface area contributed by atoms with Gasteiger partial charge in [0.25, 0.3) is 31.5 Å².